The highest BCUT2D eigenvalue weighted by atomic mass is 35.5. The Balaban J connectivity index is 1.71. The first-order chi connectivity index (χ1) is 12.5. The van der Waals surface area contributed by atoms with Crippen LogP contribution in [-0.2, 0) is 6.61 Å². The summed E-state index contributed by atoms with van der Waals surface area (Å²) in [5.74, 6) is -0.773. The smallest absolute Gasteiger partial charge is 0.291 e. The number of hydrogen-bond donors (Lipinski definition) is 1. The second-order valence-corrected chi connectivity index (χ2v) is 6.17. The fraction of sp³-hybridized carbons (Fsp3) is 0.0526. The number of amides is 1. The van der Waals surface area contributed by atoms with Gasteiger partial charge in [0, 0.05) is 11.1 Å². The van der Waals surface area contributed by atoms with Gasteiger partial charge in [-0.1, -0.05) is 53.5 Å². The Bertz CT molecular complexity index is 986. The monoisotopic (exact) mass is 389 g/mol. The summed E-state index contributed by atoms with van der Waals surface area (Å²) < 4.78 is 10.7. The number of carbonyl (C=O) groups excluding carboxylic acids is 1. The summed E-state index contributed by atoms with van der Waals surface area (Å²) >= 11 is 11.9. The van der Waals surface area contributed by atoms with Gasteiger partial charge in [0.1, 0.15) is 12.9 Å². The van der Waals surface area contributed by atoms with Crippen LogP contribution in [0.1, 0.15) is 16.1 Å². The van der Waals surface area contributed by atoms with E-state index in [-0.39, 0.29) is 18.1 Å². The topological polar surface area (TPSA) is 68.5 Å². The van der Waals surface area contributed by atoms with Crippen LogP contribution in [0.2, 0.25) is 10.0 Å². The van der Waals surface area contributed by atoms with Gasteiger partial charge in [-0.15, -0.1) is 0 Å². The number of benzene rings is 2. The summed E-state index contributed by atoms with van der Waals surface area (Å²) in [6.45, 7) is 0.218. The molecule has 0 aliphatic carbocycles. The minimum atomic E-state index is -0.624. The van der Waals surface area contributed by atoms with Crippen LogP contribution in [0.3, 0.4) is 0 Å². The van der Waals surface area contributed by atoms with Crippen LogP contribution in [0.5, 0.6) is 5.75 Å². The van der Waals surface area contributed by atoms with Crippen molar-refractivity contribution in [3.05, 3.63) is 92.5 Å². The Hall–Kier alpha value is -2.76. The van der Waals surface area contributed by atoms with Gasteiger partial charge >= 0.3 is 0 Å². The first-order valence-corrected chi connectivity index (χ1v) is 8.34. The summed E-state index contributed by atoms with van der Waals surface area (Å²) in [7, 11) is 0. The van der Waals surface area contributed by atoms with Crippen LogP contribution in [0.15, 0.2) is 70.1 Å². The van der Waals surface area contributed by atoms with Crippen LogP contribution in [0, 0.1) is 0 Å². The standard InChI is InChI=1S/C19H13Cl2NO4/c20-13-6-7-14(21)15(8-13)22-19(24)17-9-16(23)18(11-26-17)25-10-12-4-2-1-3-5-12/h1-9,11H,10H2,(H,22,24). The second-order valence-electron chi connectivity index (χ2n) is 5.33. The number of hydrogen-bond acceptors (Lipinski definition) is 4. The molecule has 0 saturated carbocycles. The van der Waals surface area contributed by atoms with Gasteiger partial charge in [0.05, 0.1) is 10.7 Å². The number of nitrogens with one attached hydrogen (secondary N) is 1. The third-order valence-corrected chi connectivity index (χ3v) is 4.00. The third kappa shape index (κ3) is 4.45. The van der Waals surface area contributed by atoms with Crippen molar-refractivity contribution in [3.8, 4) is 5.75 Å². The van der Waals surface area contributed by atoms with Crippen LogP contribution in [-0.4, -0.2) is 5.91 Å². The molecule has 0 radical (unpaired) electrons. The molecule has 1 N–H and O–H groups in total. The van der Waals surface area contributed by atoms with Crippen molar-refractivity contribution < 1.29 is 13.9 Å². The lowest BCUT2D eigenvalue weighted by atomic mass is 10.2. The molecule has 0 aliphatic heterocycles. The Labute approximate surface area is 159 Å². The highest BCUT2D eigenvalue weighted by Gasteiger charge is 2.14. The molecule has 5 nitrogen and oxygen atoms in total. The zero-order valence-electron chi connectivity index (χ0n) is 13.4. The van der Waals surface area contributed by atoms with E-state index in [4.69, 9.17) is 32.4 Å². The summed E-state index contributed by atoms with van der Waals surface area (Å²) in [5.41, 5.74) is 0.759. The Morgan fingerprint density at radius 1 is 1.08 bits per heavy atom. The molecule has 0 atom stereocenters. The van der Waals surface area contributed by atoms with Gasteiger partial charge in [0.2, 0.25) is 11.2 Å². The molecule has 1 heterocycles. The summed E-state index contributed by atoms with van der Waals surface area (Å²) in [6, 6.07) is 15.1. The van der Waals surface area contributed by atoms with Crippen LogP contribution < -0.4 is 15.5 Å². The van der Waals surface area contributed by atoms with E-state index in [1.165, 1.54) is 6.07 Å². The highest BCUT2D eigenvalue weighted by Crippen LogP contribution is 2.25. The minimum absolute atomic E-state index is 0.0196. The normalized spacial score (nSPS) is 10.4. The maximum Gasteiger partial charge on any atom is 0.291 e. The van der Waals surface area contributed by atoms with Crippen molar-refractivity contribution in [2.75, 3.05) is 5.32 Å². The van der Waals surface area contributed by atoms with Gasteiger partial charge in [-0.25, -0.2) is 0 Å². The molecule has 2 aromatic carbocycles. The minimum Gasteiger partial charge on any atom is -0.482 e. The molecule has 0 aliphatic rings. The van der Waals surface area contributed by atoms with E-state index in [1.807, 2.05) is 30.3 Å². The van der Waals surface area contributed by atoms with Gasteiger partial charge in [-0.2, -0.15) is 0 Å². The zero-order chi connectivity index (χ0) is 18.5. The first-order valence-electron chi connectivity index (χ1n) is 7.59. The Morgan fingerprint density at radius 2 is 1.85 bits per heavy atom. The van der Waals surface area contributed by atoms with Crippen molar-refractivity contribution >= 4 is 34.8 Å². The van der Waals surface area contributed by atoms with Crippen molar-refractivity contribution in [2.45, 2.75) is 6.61 Å². The molecule has 0 unspecified atom stereocenters. The number of ether oxygens (including phenoxy) is 1. The van der Waals surface area contributed by atoms with Gasteiger partial charge in [-0.3, -0.25) is 9.59 Å². The largest absolute Gasteiger partial charge is 0.482 e. The number of anilines is 1. The molecule has 1 amide bonds. The van der Waals surface area contributed by atoms with Crippen molar-refractivity contribution in [1.29, 1.82) is 0 Å². The Morgan fingerprint density at radius 3 is 2.58 bits per heavy atom. The quantitative estimate of drug-likeness (QED) is 0.681. The van der Waals surface area contributed by atoms with Gasteiger partial charge in [0.25, 0.3) is 5.91 Å². The van der Waals surface area contributed by atoms with Crippen molar-refractivity contribution in [1.82, 2.24) is 0 Å². The molecule has 7 heteroatoms. The third-order valence-electron chi connectivity index (χ3n) is 3.44. The van der Waals surface area contributed by atoms with Gasteiger partial charge in [-0.05, 0) is 23.8 Å². The van der Waals surface area contributed by atoms with E-state index in [0.717, 1.165) is 17.9 Å². The molecular weight excluding hydrogens is 377 g/mol. The molecule has 3 aromatic rings. The van der Waals surface area contributed by atoms with E-state index >= 15 is 0 Å². The summed E-state index contributed by atoms with van der Waals surface area (Å²) in [6.07, 6.45) is 1.11. The fourth-order valence-corrected chi connectivity index (χ4v) is 2.47. The van der Waals surface area contributed by atoms with Crippen LogP contribution in [0.25, 0.3) is 0 Å². The van der Waals surface area contributed by atoms with E-state index in [9.17, 15) is 9.59 Å². The van der Waals surface area contributed by atoms with Crippen LogP contribution in [0.4, 0.5) is 5.69 Å². The highest BCUT2D eigenvalue weighted by molar-refractivity contribution is 6.35. The number of carbonyl (C=O) groups is 1. The van der Waals surface area contributed by atoms with Crippen molar-refractivity contribution in [3.63, 3.8) is 0 Å². The van der Waals surface area contributed by atoms with Crippen LogP contribution >= 0.6 is 23.2 Å². The van der Waals surface area contributed by atoms with E-state index < -0.39 is 11.3 Å². The molecule has 0 fully saturated rings. The Kier molecular flexibility index (Phi) is 5.61. The average Bonchev–Trinajstić information content (AvgIpc) is 2.64. The average molecular weight is 390 g/mol. The van der Waals surface area contributed by atoms with Gasteiger partial charge < -0.3 is 14.5 Å². The molecule has 1 aromatic heterocycles. The van der Waals surface area contributed by atoms with E-state index in [1.54, 1.807) is 12.1 Å². The van der Waals surface area contributed by atoms with Crippen molar-refractivity contribution in [2.24, 2.45) is 0 Å². The van der Waals surface area contributed by atoms with Gasteiger partial charge in [0.15, 0.2) is 5.76 Å². The maximum absolute atomic E-state index is 12.2. The molecular formula is C19H13Cl2NO4. The maximum atomic E-state index is 12.2. The molecule has 26 heavy (non-hydrogen) atoms. The predicted octanol–water partition coefficient (Wildman–Crippen LogP) is 4.78. The lowest BCUT2D eigenvalue weighted by molar-refractivity contribution is 0.0993. The lowest BCUT2D eigenvalue weighted by Gasteiger charge is -2.08. The number of halogens is 2. The van der Waals surface area contributed by atoms with E-state index in [0.29, 0.717) is 15.7 Å². The molecule has 0 saturated heterocycles. The molecule has 0 bridgehead atoms. The zero-order valence-corrected chi connectivity index (χ0v) is 14.9. The fourth-order valence-electron chi connectivity index (χ4n) is 2.14. The number of rotatable bonds is 5. The lowest BCUT2D eigenvalue weighted by Crippen LogP contribution is -2.16. The first kappa shape index (κ1) is 18.0. The van der Waals surface area contributed by atoms with E-state index in [2.05, 4.69) is 5.32 Å². The molecule has 132 valence electrons. The molecule has 0 spiro atoms. The predicted molar refractivity (Wildman–Crippen MR) is 100 cm³/mol. The molecule has 3 rings (SSSR count). The SMILES string of the molecule is O=C(Nc1cc(Cl)ccc1Cl)c1cc(=O)c(OCc2ccccc2)co1. The summed E-state index contributed by atoms with van der Waals surface area (Å²) in [5, 5.41) is 3.27. The summed E-state index contributed by atoms with van der Waals surface area (Å²) in [4.78, 5) is 24.4. The second kappa shape index (κ2) is 8.08.